The van der Waals surface area contributed by atoms with E-state index < -0.39 is 11.7 Å². The van der Waals surface area contributed by atoms with Gasteiger partial charge in [-0.3, -0.25) is 4.79 Å². The predicted octanol–water partition coefficient (Wildman–Crippen LogP) is 5.12. The van der Waals surface area contributed by atoms with E-state index >= 15 is 0 Å². The maximum Gasteiger partial charge on any atom is 0.417 e. The summed E-state index contributed by atoms with van der Waals surface area (Å²) in [5.41, 5.74) is -0.486. The first-order valence-electron chi connectivity index (χ1n) is 6.91. The summed E-state index contributed by atoms with van der Waals surface area (Å²) in [5.74, 6) is 0. The molecule has 1 aromatic heterocycles. The Morgan fingerprint density at radius 2 is 1.57 bits per heavy atom. The van der Waals surface area contributed by atoms with Gasteiger partial charge in [-0.25, -0.2) is 0 Å². The molecule has 4 aromatic rings. The van der Waals surface area contributed by atoms with Crippen molar-refractivity contribution in [2.24, 2.45) is 0 Å². The summed E-state index contributed by atoms with van der Waals surface area (Å²) in [4.78, 5) is 12.5. The van der Waals surface area contributed by atoms with Gasteiger partial charge in [0.15, 0.2) is 0 Å². The van der Waals surface area contributed by atoms with Gasteiger partial charge in [0.05, 0.1) is 16.3 Å². The normalized spacial score (nSPS) is 12.3. The van der Waals surface area contributed by atoms with E-state index in [0.29, 0.717) is 16.4 Å². The molecule has 0 saturated heterocycles. The minimum absolute atomic E-state index is 0.0194. The lowest BCUT2D eigenvalue weighted by atomic mass is 10.0. The lowest BCUT2D eigenvalue weighted by Gasteiger charge is -2.11. The molecule has 2 nitrogen and oxygen atoms in total. The molecular formula is C18H9F3O2. The quantitative estimate of drug-likeness (QED) is 0.422. The number of halogens is 3. The fourth-order valence-electron chi connectivity index (χ4n) is 2.82. The molecule has 0 fully saturated rings. The van der Waals surface area contributed by atoms with Crippen LogP contribution in [0.3, 0.4) is 0 Å². The summed E-state index contributed by atoms with van der Waals surface area (Å²) in [6, 6.07) is 13.3. The highest BCUT2D eigenvalue weighted by Gasteiger charge is 2.32. The van der Waals surface area contributed by atoms with Crippen molar-refractivity contribution in [1.82, 2.24) is 0 Å². The van der Waals surface area contributed by atoms with E-state index in [1.165, 1.54) is 18.2 Å². The Morgan fingerprint density at radius 1 is 0.783 bits per heavy atom. The molecular weight excluding hydrogens is 305 g/mol. The molecule has 0 aliphatic heterocycles. The van der Waals surface area contributed by atoms with Crippen LogP contribution < -0.4 is 5.43 Å². The van der Waals surface area contributed by atoms with Gasteiger partial charge in [-0.05, 0) is 41.1 Å². The number of rotatable bonds is 0. The van der Waals surface area contributed by atoms with E-state index in [2.05, 4.69) is 0 Å². The second-order valence-electron chi connectivity index (χ2n) is 5.30. The first-order valence-corrected chi connectivity index (χ1v) is 6.91. The summed E-state index contributed by atoms with van der Waals surface area (Å²) in [6.45, 7) is 0. The number of alkyl halides is 3. The van der Waals surface area contributed by atoms with Gasteiger partial charge in [0.1, 0.15) is 11.2 Å². The van der Waals surface area contributed by atoms with Gasteiger partial charge in [-0.2, -0.15) is 13.2 Å². The predicted molar refractivity (Wildman–Crippen MR) is 82.5 cm³/mol. The Kier molecular flexibility index (Phi) is 2.75. The molecule has 4 rings (SSSR count). The molecule has 0 bridgehead atoms. The van der Waals surface area contributed by atoms with Gasteiger partial charge in [0, 0.05) is 0 Å². The van der Waals surface area contributed by atoms with E-state index in [4.69, 9.17) is 4.42 Å². The first kappa shape index (κ1) is 13.8. The van der Waals surface area contributed by atoms with Gasteiger partial charge in [-0.15, -0.1) is 0 Å². The average Bonchev–Trinajstić information content (AvgIpc) is 2.52. The average molecular weight is 314 g/mol. The highest BCUT2D eigenvalue weighted by atomic mass is 19.4. The van der Waals surface area contributed by atoms with Crippen molar-refractivity contribution in [3.05, 3.63) is 70.4 Å². The second kappa shape index (κ2) is 4.59. The fraction of sp³-hybridized carbons (Fsp3) is 0.0556. The molecule has 5 heteroatoms. The van der Waals surface area contributed by atoms with E-state index in [1.54, 1.807) is 30.3 Å². The van der Waals surface area contributed by atoms with Crippen molar-refractivity contribution in [3.8, 4) is 0 Å². The van der Waals surface area contributed by atoms with Crippen LogP contribution in [0.15, 0.2) is 63.8 Å². The van der Waals surface area contributed by atoms with Crippen LogP contribution in [-0.4, -0.2) is 0 Å². The van der Waals surface area contributed by atoms with E-state index in [-0.39, 0.29) is 21.8 Å². The number of para-hydroxylation sites is 1. The van der Waals surface area contributed by atoms with Crippen LogP contribution >= 0.6 is 0 Å². The van der Waals surface area contributed by atoms with Crippen LogP contribution in [0.4, 0.5) is 13.2 Å². The zero-order chi connectivity index (χ0) is 16.2. The topological polar surface area (TPSA) is 30.2 Å². The van der Waals surface area contributed by atoms with Crippen LogP contribution in [0.5, 0.6) is 0 Å². The van der Waals surface area contributed by atoms with E-state index in [1.807, 2.05) is 0 Å². The third-order valence-corrected chi connectivity index (χ3v) is 3.88. The van der Waals surface area contributed by atoms with Crippen molar-refractivity contribution in [3.63, 3.8) is 0 Å². The van der Waals surface area contributed by atoms with Crippen LogP contribution in [0.2, 0.25) is 0 Å². The van der Waals surface area contributed by atoms with Crippen molar-refractivity contribution in [1.29, 1.82) is 0 Å². The van der Waals surface area contributed by atoms with Gasteiger partial charge < -0.3 is 4.42 Å². The summed E-state index contributed by atoms with van der Waals surface area (Å²) in [6.07, 6.45) is -4.47. The lowest BCUT2D eigenvalue weighted by Crippen LogP contribution is -2.06. The number of fused-ring (bicyclic) bond motifs is 3. The molecule has 0 amide bonds. The van der Waals surface area contributed by atoms with Gasteiger partial charge in [-0.1, -0.05) is 24.3 Å². The molecule has 23 heavy (non-hydrogen) atoms. The van der Waals surface area contributed by atoms with Gasteiger partial charge in [0.2, 0.25) is 5.43 Å². The monoisotopic (exact) mass is 314 g/mol. The molecule has 1 heterocycles. The van der Waals surface area contributed by atoms with E-state index in [0.717, 1.165) is 6.07 Å². The van der Waals surface area contributed by atoms with Crippen molar-refractivity contribution < 1.29 is 17.6 Å². The summed E-state index contributed by atoms with van der Waals surface area (Å²) in [7, 11) is 0. The Morgan fingerprint density at radius 3 is 2.35 bits per heavy atom. The molecule has 0 aliphatic carbocycles. The Balaban J connectivity index is 2.20. The Hall–Kier alpha value is -2.82. The number of benzene rings is 3. The SMILES string of the molecule is O=c1c2ccccc2oc2cc3c(C(F)(F)F)cccc3cc12. The van der Waals surface area contributed by atoms with Crippen molar-refractivity contribution >= 4 is 32.7 Å². The van der Waals surface area contributed by atoms with Gasteiger partial charge in [0.25, 0.3) is 0 Å². The van der Waals surface area contributed by atoms with Crippen LogP contribution in [-0.2, 0) is 6.18 Å². The second-order valence-corrected chi connectivity index (χ2v) is 5.30. The zero-order valence-electron chi connectivity index (χ0n) is 11.6. The summed E-state index contributed by atoms with van der Waals surface area (Å²) < 4.78 is 45.1. The van der Waals surface area contributed by atoms with Gasteiger partial charge >= 0.3 is 6.18 Å². The molecule has 114 valence electrons. The lowest BCUT2D eigenvalue weighted by molar-refractivity contribution is -0.136. The number of hydrogen-bond donors (Lipinski definition) is 0. The van der Waals surface area contributed by atoms with E-state index in [9.17, 15) is 18.0 Å². The number of hydrogen-bond acceptors (Lipinski definition) is 2. The maximum atomic E-state index is 13.2. The minimum Gasteiger partial charge on any atom is -0.456 e. The molecule has 0 atom stereocenters. The highest BCUT2D eigenvalue weighted by molar-refractivity contribution is 6.00. The van der Waals surface area contributed by atoms with Crippen LogP contribution in [0.25, 0.3) is 32.7 Å². The molecule has 0 saturated carbocycles. The Labute approximate surface area is 127 Å². The summed E-state index contributed by atoms with van der Waals surface area (Å²) in [5, 5.41) is 1.06. The molecule has 0 radical (unpaired) electrons. The first-order chi connectivity index (χ1) is 10.9. The fourth-order valence-corrected chi connectivity index (χ4v) is 2.82. The highest BCUT2D eigenvalue weighted by Crippen LogP contribution is 2.36. The molecule has 0 aliphatic rings. The molecule has 0 spiro atoms. The standard InChI is InChI=1S/C18H9F3O2/c19-18(20,21)14-6-3-4-10-8-13-16(9-12(10)14)23-15-7-2-1-5-11(15)17(13)22/h1-9H. The third kappa shape index (κ3) is 2.08. The largest absolute Gasteiger partial charge is 0.456 e. The Bertz CT molecular complexity index is 1120. The smallest absolute Gasteiger partial charge is 0.417 e. The van der Waals surface area contributed by atoms with Crippen LogP contribution in [0, 0.1) is 0 Å². The van der Waals surface area contributed by atoms with Crippen molar-refractivity contribution in [2.75, 3.05) is 0 Å². The van der Waals surface area contributed by atoms with Crippen LogP contribution in [0.1, 0.15) is 5.56 Å². The molecule has 0 N–H and O–H groups in total. The van der Waals surface area contributed by atoms with Crippen molar-refractivity contribution in [2.45, 2.75) is 6.18 Å². The molecule has 0 unspecified atom stereocenters. The maximum absolute atomic E-state index is 13.2. The third-order valence-electron chi connectivity index (χ3n) is 3.88. The molecule has 3 aromatic carbocycles. The summed E-state index contributed by atoms with van der Waals surface area (Å²) >= 11 is 0. The zero-order valence-corrected chi connectivity index (χ0v) is 11.6. The minimum atomic E-state index is -4.47.